The van der Waals surface area contributed by atoms with E-state index in [1.807, 2.05) is 10.8 Å². The summed E-state index contributed by atoms with van der Waals surface area (Å²) in [5.41, 5.74) is 3.36. The van der Waals surface area contributed by atoms with E-state index >= 15 is 0 Å². The minimum atomic E-state index is -0.387. The van der Waals surface area contributed by atoms with Crippen LogP contribution in [0.4, 0.5) is 0 Å². The van der Waals surface area contributed by atoms with Crippen molar-refractivity contribution in [3.63, 3.8) is 0 Å². The number of aromatic nitrogens is 3. The van der Waals surface area contributed by atoms with Gasteiger partial charge in [0.05, 0.1) is 0 Å². The van der Waals surface area contributed by atoms with Gasteiger partial charge in [-0.3, -0.25) is 9.47 Å². The molecule has 3 heterocycles. The van der Waals surface area contributed by atoms with Crippen molar-refractivity contribution in [2.45, 2.75) is 19.0 Å². The van der Waals surface area contributed by atoms with E-state index in [1.54, 1.807) is 17.1 Å². The van der Waals surface area contributed by atoms with Gasteiger partial charge in [0.15, 0.2) is 17.3 Å². The molecular formula is C12H12N4O2. The first-order valence-corrected chi connectivity index (χ1v) is 6.00. The molecule has 0 radical (unpaired) electrons. The van der Waals surface area contributed by atoms with Crippen LogP contribution in [0.5, 0.6) is 5.75 Å². The smallest absolute Gasteiger partial charge is 0.224 e. The summed E-state index contributed by atoms with van der Waals surface area (Å²) >= 11 is 0. The maximum Gasteiger partial charge on any atom is 0.224 e. The van der Waals surface area contributed by atoms with Crippen molar-refractivity contribution in [3.8, 4) is 17.3 Å². The average Bonchev–Trinajstić information content (AvgIpc) is 3.10. The molecule has 0 saturated heterocycles. The van der Waals surface area contributed by atoms with Crippen LogP contribution in [-0.2, 0) is 0 Å². The zero-order chi connectivity index (χ0) is 12.3. The molecule has 2 N–H and O–H groups in total. The molecule has 1 unspecified atom stereocenters. The standard InChI is InChI=1S/C12H12N4O2/c17-8-3-5-16-9(10(8)18)12-13-4-6-15(12)11(14-16)7-1-2-7/h3-7,11,14,18H,1-2H2. The van der Waals surface area contributed by atoms with Crippen molar-refractivity contribution in [3.05, 3.63) is 34.9 Å². The molecule has 1 atom stereocenters. The number of pyridine rings is 1. The molecule has 1 aliphatic carbocycles. The fraction of sp³-hybridized carbons (Fsp3) is 0.333. The summed E-state index contributed by atoms with van der Waals surface area (Å²) in [6.45, 7) is 0. The lowest BCUT2D eigenvalue weighted by atomic mass is 10.2. The zero-order valence-electron chi connectivity index (χ0n) is 9.58. The van der Waals surface area contributed by atoms with Crippen molar-refractivity contribution < 1.29 is 5.11 Å². The Morgan fingerprint density at radius 1 is 1.39 bits per heavy atom. The van der Waals surface area contributed by atoms with Gasteiger partial charge in [-0.15, -0.1) is 0 Å². The van der Waals surface area contributed by atoms with Crippen LogP contribution in [0.15, 0.2) is 29.5 Å². The SMILES string of the molecule is O=c1ccn2c(c1O)-c1nccn1C(C1CC1)N2. The maximum absolute atomic E-state index is 11.5. The summed E-state index contributed by atoms with van der Waals surface area (Å²) in [6, 6.07) is 1.36. The van der Waals surface area contributed by atoms with Crippen molar-refractivity contribution in [2.75, 3.05) is 5.43 Å². The van der Waals surface area contributed by atoms with Gasteiger partial charge >= 0.3 is 0 Å². The van der Waals surface area contributed by atoms with E-state index < -0.39 is 0 Å². The summed E-state index contributed by atoms with van der Waals surface area (Å²) in [5, 5.41) is 9.92. The number of hydrogen-bond donors (Lipinski definition) is 2. The van der Waals surface area contributed by atoms with Gasteiger partial charge in [0, 0.05) is 24.7 Å². The van der Waals surface area contributed by atoms with Gasteiger partial charge in [0.25, 0.3) is 0 Å². The second kappa shape index (κ2) is 3.16. The van der Waals surface area contributed by atoms with Crippen LogP contribution in [0.2, 0.25) is 0 Å². The molecule has 2 aromatic rings. The number of hydrogen-bond acceptors (Lipinski definition) is 4. The monoisotopic (exact) mass is 244 g/mol. The Morgan fingerprint density at radius 3 is 3.00 bits per heavy atom. The van der Waals surface area contributed by atoms with Crippen molar-refractivity contribution in [1.29, 1.82) is 0 Å². The van der Waals surface area contributed by atoms with Crippen LogP contribution >= 0.6 is 0 Å². The van der Waals surface area contributed by atoms with Crippen molar-refractivity contribution >= 4 is 0 Å². The molecule has 1 saturated carbocycles. The third kappa shape index (κ3) is 1.17. The number of aromatic hydroxyl groups is 1. The predicted molar refractivity (Wildman–Crippen MR) is 64.7 cm³/mol. The molecule has 0 spiro atoms. The van der Waals surface area contributed by atoms with Gasteiger partial charge in [-0.1, -0.05) is 0 Å². The molecule has 6 nitrogen and oxygen atoms in total. The Labute approximate surface area is 102 Å². The highest BCUT2D eigenvalue weighted by molar-refractivity contribution is 5.61. The Balaban J connectivity index is 1.98. The van der Waals surface area contributed by atoms with E-state index in [4.69, 9.17) is 0 Å². The summed E-state index contributed by atoms with van der Waals surface area (Å²) in [5.74, 6) is 0.972. The molecule has 2 aromatic heterocycles. The summed E-state index contributed by atoms with van der Waals surface area (Å²) in [6.07, 6.45) is 7.75. The van der Waals surface area contributed by atoms with Crippen LogP contribution in [-0.4, -0.2) is 19.3 Å². The molecule has 2 aliphatic rings. The predicted octanol–water partition coefficient (Wildman–Crippen LogP) is 0.883. The topological polar surface area (TPSA) is 72.1 Å². The van der Waals surface area contributed by atoms with Crippen molar-refractivity contribution in [1.82, 2.24) is 14.2 Å². The molecule has 1 aliphatic heterocycles. The lowest BCUT2D eigenvalue weighted by Gasteiger charge is -2.31. The second-order valence-electron chi connectivity index (χ2n) is 4.82. The highest BCUT2D eigenvalue weighted by atomic mass is 16.3. The third-order valence-corrected chi connectivity index (χ3v) is 3.59. The van der Waals surface area contributed by atoms with E-state index in [0.717, 1.165) is 0 Å². The molecule has 6 heteroatoms. The number of nitrogens with zero attached hydrogens (tertiary/aromatic N) is 3. The molecule has 0 aromatic carbocycles. The summed E-state index contributed by atoms with van der Waals surface area (Å²) in [4.78, 5) is 15.8. The number of rotatable bonds is 1. The number of nitrogens with one attached hydrogen (secondary N) is 1. The summed E-state index contributed by atoms with van der Waals surface area (Å²) in [7, 11) is 0. The van der Waals surface area contributed by atoms with Gasteiger partial charge in [-0.05, 0) is 18.8 Å². The van der Waals surface area contributed by atoms with Crippen LogP contribution in [0.25, 0.3) is 11.5 Å². The van der Waals surface area contributed by atoms with E-state index in [0.29, 0.717) is 17.4 Å². The van der Waals surface area contributed by atoms with Gasteiger partial charge in [-0.25, -0.2) is 4.98 Å². The average molecular weight is 244 g/mol. The van der Waals surface area contributed by atoms with Crippen LogP contribution in [0, 0.1) is 5.92 Å². The molecule has 0 bridgehead atoms. The first-order chi connectivity index (χ1) is 8.75. The lowest BCUT2D eigenvalue weighted by molar-refractivity contribution is 0.422. The third-order valence-electron chi connectivity index (χ3n) is 3.59. The van der Waals surface area contributed by atoms with E-state index in [-0.39, 0.29) is 17.3 Å². The Bertz CT molecular complexity index is 684. The first kappa shape index (κ1) is 9.76. The minimum absolute atomic E-state index is 0.150. The fourth-order valence-electron chi connectivity index (χ4n) is 2.52. The molecule has 92 valence electrons. The van der Waals surface area contributed by atoms with Gasteiger partial charge < -0.3 is 15.1 Å². The largest absolute Gasteiger partial charge is 0.503 e. The normalized spacial score (nSPS) is 21.0. The zero-order valence-corrected chi connectivity index (χ0v) is 9.58. The van der Waals surface area contributed by atoms with E-state index in [1.165, 1.54) is 18.9 Å². The van der Waals surface area contributed by atoms with Crippen LogP contribution < -0.4 is 10.9 Å². The molecule has 1 fully saturated rings. The quantitative estimate of drug-likeness (QED) is 0.781. The molecule has 4 rings (SSSR count). The van der Waals surface area contributed by atoms with Crippen molar-refractivity contribution in [2.24, 2.45) is 5.92 Å². The Kier molecular flexibility index (Phi) is 1.71. The van der Waals surface area contributed by atoms with Gasteiger partial charge in [0.2, 0.25) is 5.43 Å². The lowest BCUT2D eigenvalue weighted by Crippen LogP contribution is -2.34. The highest BCUT2D eigenvalue weighted by Gasteiger charge is 2.37. The fourth-order valence-corrected chi connectivity index (χ4v) is 2.52. The van der Waals surface area contributed by atoms with E-state index in [2.05, 4.69) is 10.4 Å². The van der Waals surface area contributed by atoms with Crippen LogP contribution in [0.3, 0.4) is 0 Å². The number of imidazole rings is 1. The van der Waals surface area contributed by atoms with E-state index in [9.17, 15) is 9.90 Å². The second-order valence-corrected chi connectivity index (χ2v) is 4.82. The van der Waals surface area contributed by atoms with Gasteiger partial charge in [0.1, 0.15) is 6.17 Å². The molecule has 18 heavy (non-hydrogen) atoms. The molecule has 0 amide bonds. The Morgan fingerprint density at radius 2 is 2.22 bits per heavy atom. The maximum atomic E-state index is 11.5. The molecular weight excluding hydrogens is 232 g/mol. The highest BCUT2D eigenvalue weighted by Crippen LogP contribution is 2.43. The Hall–Kier alpha value is -2.24. The van der Waals surface area contributed by atoms with Gasteiger partial charge in [-0.2, -0.15) is 0 Å². The minimum Gasteiger partial charge on any atom is -0.503 e. The number of fused-ring (bicyclic) bond motifs is 3. The first-order valence-electron chi connectivity index (χ1n) is 6.00. The van der Waals surface area contributed by atoms with Crippen LogP contribution in [0.1, 0.15) is 19.0 Å². The summed E-state index contributed by atoms with van der Waals surface area (Å²) < 4.78 is 3.69.